The Morgan fingerprint density at radius 2 is 1.62 bits per heavy atom. The monoisotopic (exact) mass is 483 g/mol. The maximum Gasteiger partial charge on any atom is 0.255 e. The minimum atomic E-state index is -3.48. The number of nitrogens with zero attached hydrogens (tertiary/aromatic N) is 1. The molecule has 0 aromatic heterocycles. The fourth-order valence-electron chi connectivity index (χ4n) is 4.57. The van der Waals surface area contributed by atoms with Gasteiger partial charge in [-0.3, -0.25) is 9.59 Å². The van der Waals surface area contributed by atoms with Crippen LogP contribution in [0.2, 0.25) is 0 Å². The molecular weight excluding hydrogens is 450 g/mol. The zero-order chi connectivity index (χ0) is 24.3. The minimum absolute atomic E-state index is 0.0501. The predicted octanol–water partition coefficient (Wildman–Crippen LogP) is 3.82. The number of nitrogens with one attached hydrogen (secondary N) is 2. The third kappa shape index (κ3) is 6.24. The lowest BCUT2D eigenvalue weighted by atomic mass is 9.91. The van der Waals surface area contributed by atoms with Gasteiger partial charge in [-0.1, -0.05) is 38.1 Å². The first-order valence-corrected chi connectivity index (χ1v) is 13.5. The van der Waals surface area contributed by atoms with Crippen LogP contribution in [0.25, 0.3) is 0 Å². The van der Waals surface area contributed by atoms with Crippen molar-refractivity contribution >= 4 is 27.5 Å². The Morgan fingerprint density at radius 3 is 2.26 bits per heavy atom. The lowest BCUT2D eigenvalue weighted by molar-refractivity contribution is -0.116. The van der Waals surface area contributed by atoms with E-state index in [-0.39, 0.29) is 29.2 Å². The molecule has 0 radical (unpaired) electrons. The molecule has 2 amide bonds. The van der Waals surface area contributed by atoms with Crippen LogP contribution in [0.3, 0.4) is 0 Å². The van der Waals surface area contributed by atoms with Gasteiger partial charge in [-0.05, 0) is 67.3 Å². The number of aryl methyl sites for hydroxylation is 1. The first-order valence-electron chi connectivity index (χ1n) is 12.0. The van der Waals surface area contributed by atoms with Gasteiger partial charge in [0.1, 0.15) is 0 Å². The van der Waals surface area contributed by atoms with Crippen LogP contribution in [0.1, 0.15) is 55.5 Å². The second kappa shape index (κ2) is 10.3. The van der Waals surface area contributed by atoms with Crippen molar-refractivity contribution in [2.75, 3.05) is 18.4 Å². The molecule has 2 aliphatic rings. The van der Waals surface area contributed by atoms with Gasteiger partial charge < -0.3 is 10.2 Å². The molecule has 2 aromatic carbocycles. The van der Waals surface area contributed by atoms with Gasteiger partial charge in [0.25, 0.3) is 5.91 Å². The van der Waals surface area contributed by atoms with Crippen molar-refractivity contribution in [3.05, 3.63) is 59.7 Å². The van der Waals surface area contributed by atoms with E-state index in [1.54, 1.807) is 36.4 Å². The number of sulfonamides is 1. The highest BCUT2D eigenvalue weighted by Crippen LogP contribution is 2.25. The molecule has 0 spiro atoms. The first-order chi connectivity index (χ1) is 16.2. The number of para-hydroxylation sites is 1. The molecule has 4 rings (SSSR count). The van der Waals surface area contributed by atoms with Gasteiger partial charge in [-0.2, -0.15) is 0 Å². The Balaban J connectivity index is 1.35. The summed E-state index contributed by atoms with van der Waals surface area (Å²) < 4.78 is 27.3. The van der Waals surface area contributed by atoms with Crippen LogP contribution in [0.5, 0.6) is 0 Å². The molecule has 2 fully saturated rings. The van der Waals surface area contributed by atoms with Crippen molar-refractivity contribution < 1.29 is 18.0 Å². The normalized spacial score (nSPS) is 20.7. The van der Waals surface area contributed by atoms with Crippen molar-refractivity contribution in [2.45, 2.75) is 56.9 Å². The Bertz CT molecular complexity index is 1130. The molecule has 1 aliphatic carbocycles. The summed E-state index contributed by atoms with van der Waals surface area (Å²) in [5.74, 6) is 0.680. The maximum absolute atomic E-state index is 13.2. The number of likely N-dealkylation sites (tertiary alicyclic amines) is 1. The summed E-state index contributed by atoms with van der Waals surface area (Å²) in [7, 11) is -3.48. The third-order valence-electron chi connectivity index (χ3n) is 6.36. The quantitative estimate of drug-likeness (QED) is 0.597. The van der Waals surface area contributed by atoms with Gasteiger partial charge in [0.15, 0.2) is 0 Å². The molecule has 2 aromatic rings. The van der Waals surface area contributed by atoms with E-state index in [9.17, 15) is 18.0 Å². The standard InChI is InChI=1S/C26H33N3O4S/c1-18-15-19(2)17-29(16-18)26(31)23-5-3-4-6-24(23)27-25(30)14-9-20-7-12-22(13-8-20)34(32,33)28-21-10-11-21/h3-8,12-13,18-19,21,28H,9-11,14-17H2,1-2H3,(H,27,30). The van der Waals surface area contributed by atoms with Gasteiger partial charge in [-0.15, -0.1) is 0 Å². The van der Waals surface area contributed by atoms with Gasteiger partial charge in [0.05, 0.1) is 16.1 Å². The van der Waals surface area contributed by atoms with Crippen LogP contribution >= 0.6 is 0 Å². The van der Waals surface area contributed by atoms with Gasteiger partial charge in [0, 0.05) is 25.6 Å². The summed E-state index contributed by atoms with van der Waals surface area (Å²) >= 11 is 0. The van der Waals surface area contributed by atoms with Crippen LogP contribution in [0.4, 0.5) is 5.69 Å². The number of carbonyl (C=O) groups is 2. The zero-order valence-corrected chi connectivity index (χ0v) is 20.6. The van der Waals surface area contributed by atoms with Crippen LogP contribution in [0, 0.1) is 11.8 Å². The Morgan fingerprint density at radius 1 is 0.971 bits per heavy atom. The molecule has 182 valence electrons. The highest BCUT2D eigenvalue weighted by molar-refractivity contribution is 7.89. The fourth-order valence-corrected chi connectivity index (χ4v) is 5.88. The summed E-state index contributed by atoms with van der Waals surface area (Å²) in [6, 6.07) is 13.8. The van der Waals surface area contributed by atoms with E-state index in [0.717, 1.165) is 37.9 Å². The smallest absolute Gasteiger partial charge is 0.255 e. The van der Waals surface area contributed by atoms with E-state index < -0.39 is 10.0 Å². The lowest BCUT2D eigenvalue weighted by Crippen LogP contribution is -2.42. The van der Waals surface area contributed by atoms with E-state index in [4.69, 9.17) is 0 Å². The van der Waals surface area contributed by atoms with Crippen molar-refractivity contribution in [2.24, 2.45) is 11.8 Å². The molecule has 2 atom stereocenters. The number of amides is 2. The predicted molar refractivity (Wildman–Crippen MR) is 132 cm³/mol. The van der Waals surface area contributed by atoms with Gasteiger partial charge in [-0.25, -0.2) is 13.1 Å². The Hall–Kier alpha value is -2.71. The summed E-state index contributed by atoms with van der Waals surface area (Å²) in [6.07, 6.45) is 3.59. The van der Waals surface area contributed by atoms with E-state index in [2.05, 4.69) is 23.9 Å². The Kier molecular flexibility index (Phi) is 7.38. The number of benzene rings is 2. The molecule has 7 nitrogen and oxygen atoms in total. The molecule has 1 saturated heterocycles. The second-order valence-electron chi connectivity index (χ2n) is 9.79. The molecule has 0 bridgehead atoms. The van der Waals surface area contributed by atoms with Crippen LogP contribution < -0.4 is 10.0 Å². The summed E-state index contributed by atoms with van der Waals surface area (Å²) in [6.45, 7) is 5.78. The van der Waals surface area contributed by atoms with Crippen LogP contribution in [0.15, 0.2) is 53.4 Å². The van der Waals surface area contributed by atoms with E-state index in [1.165, 1.54) is 0 Å². The number of piperidine rings is 1. The average molecular weight is 484 g/mol. The highest BCUT2D eigenvalue weighted by Gasteiger charge is 2.28. The van der Waals surface area contributed by atoms with E-state index in [1.807, 2.05) is 17.0 Å². The fraction of sp³-hybridized carbons (Fsp3) is 0.462. The highest BCUT2D eigenvalue weighted by atomic mass is 32.2. The minimum Gasteiger partial charge on any atom is -0.338 e. The van der Waals surface area contributed by atoms with E-state index in [0.29, 0.717) is 29.5 Å². The molecule has 1 aliphatic heterocycles. The summed E-state index contributed by atoms with van der Waals surface area (Å²) in [4.78, 5) is 28.0. The van der Waals surface area contributed by atoms with Crippen LogP contribution in [-0.4, -0.2) is 44.3 Å². The van der Waals surface area contributed by atoms with Gasteiger partial charge in [0.2, 0.25) is 15.9 Å². The molecule has 2 N–H and O–H groups in total. The van der Waals surface area contributed by atoms with Crippen LogP contribution in [-0.2, 0) is 21.2 Å². The Labute approximate surface area is 202 Å². The van der Waals surface area contributed by atoms with E-state index >= 15 is 0 Å². The number of hydrogen-bond donors (Lipinski definition) is 2. The molecule has 1 saturated carbocycles. The lowest BCUT2D eigenvalue weighted by Gasteiger charge is -2.35. The number of anilines is 1. The SMILES string of the molecule is CC1CC(C)CN(C(=O)c2ccccc2NC(=O)CCc2ccc(S(=O)(=O)NC3CC3)cc2)C1. The topological polar surface area (TPSA) is 95.6 Å². The average Bonchev–Trinajstić information content (AvgIpc) is 3.60. The van der Waals surface area contributed by atoms with Crippen molar-refractivity contribution in [3.8, 4) is 0 Å². The first kappa shape index (κ1) is 24.4. The summed E-state index contributed by atoms with van der Waals surface area (Å²) in [5, 5.41) is 2.90. The number of rotatable bonds is 8. The second-order valence-corrected chi connectivity index (χ2v) is 11.5. The maximum atomic E-state index is 13.2. The summed E-state index contributed by atoms with van der Waals surface area (Å²) in [5.41, 5.74) is 1.91. The molecule has 8 heteroatoms. The molecule has 2 unspecified atom stereocenters. The number of carbonyl (C=O) groups excluding carboxylic acids is 2. The van der Waals surface area contributed by atoms with Crippen molar-refractivity contribution in [1.29, 1.82) is 0 Å². The molecule has 34 heavy (non-hydrogen) atoms. The largest absolute Gasteiger partial charge is 0.338 e. The van der Waals surface area contributed by atoms with Crippen molar-refractivity contribution in [1.82, 2.24) is 9.62 Å². The van der Waals surface area contributed by atoms with Crippen molar-refractivity contribution in [3.63, 3.8) is 0 Å². The number of hydrogen-bond acceptors (Lipinski definition) is 4. The zero-order valence-electron chi connectivity index (χ0n) is 19.8. The van der Waals surface area contributed by atoms with Gasteiger partial charge >= 0.3 is 0 Å². The third-order valence-corrected chi connectivity index (χ3v) is 7.90. The molecular formula is C26H33N3O4S. The molecule has 1 heterocycles.